The average Bonchev–Trinajstić information content (AvgIpc) is 3.15. The highest BCUT2D eigenvalue weighted by atomic mass is 32.2. The van der Waals surface area contributed by atoms with Gasteiger partial charge in [0.2, 0.25) is 10.0 Å². The molecular formula is C13H23N3O2S2. The van der Waals surface area contributed by atoms with E-state index in [1.807, 2.05) is 7.05 Å². The summed E-state index contributed by atoms with van der Waals surface area (Å²) in [7, 11) is 0.525. The van der Waals surface area contributed by atoms with Gasteiger partial charge in [-0.1, -0.05) is 0 Å². The van der Waals surface area contributed by atoms with Gasteiger partial charge in [-0.3, -0.25) is 4.90 Å². The molecule has 2 rings (SSSR count). The summed E-state index contributed by atoms with van der Waals surface area (Å²) < 4.78 is 27.1. The molecule has 5 nitrogen and oxygen atoms in total. The lowest BCUT2D eigenvalue weighted by Gasteiger charge is -2.24. The van der Waals surface area contributed by atoms with Crippen LogP contribution in [0.25, 0.3) is 0 Å². The first-order valence-electron chi connectivity index (χ1n) is 6.87. The Labute approximate surface area is 125 Å². The van der Waals surface area contributed by atoms with Crippen molar-refractivity contribution in [3.63, 3.8) is 0 Å². The molecule has 1 saturated carbocycles. The molecule has 1 aromatic heterocycles. The Kier molecular flexibility index (Phi) is 5.19. The van der Waals surface area contributed by atoms with Crippen molar-refractivity contribution in [3.8, 4) is 0 Å². The molecule has 1 heterocycles. The second-order valence-electron chi connectivity index (χ2n) is 5.38. The summed E-state index contributed by atoms with van der Waals surface area (Å²) in [6, 6.07) is 2.59. The molecule has 1 unspecified atom stereocenters. The molecule has 2 N–H and O–H groups in total. The van der Waals surface area contributed by atoms with Crippen LogP contribution in [-0.2, 0) is 16.6 Å². The van der Waals surface area contributed by atoms with Crippen molar-refractivity contribution in [3.05, 3.63) is 16.3 Å². The van der Waals surface area contributed by atoms with Crippen LogP contribution in [0.15, 0.2) is 16.3 Å². The number of thiophene rings is 1. The number of nitrogens with zero attached hydrogens (tertiary/aromatic N) is 1. The minimum atomic E-state index is -3.39. The molecular weight excluding hydrogens is 294 g/mol. The van der Waals surface area contributed by atoms with Gasteiger partial charge in [0.05, 0.1) is 4.90 Å². The predicted molar refractivity (Wildman–Crippen MR) is 82.5 cm³/mol. The van der Waals surface area contributed by atoms with Crippen LogP contribution in [0, 0.1) is 0 Å². The number of hydrogen-bond acceptors (Lipinski definition) is 5. The molecule has 1 aliphatic rings. The third-order valence-corrected chi connectivity index (χ3v) is 6.17. The average molecular weight is 317 g/mol. The first-order chi connectivity index (χ1) is 9.44. The number of nitrogens with one attached hydrogen (secondary N) is 2. The second-order valence-corrected chi connectivity index (χ2v) is 8.14. The van der Waals surface area contributed by atoms with Crippen LogP contribution in [0.3, 0.4) is 0 Å². The Hall–Kier alpha value is -0.470. The molecule has 114 valence electrons. The summed E-state index contributed by atoms with van der Waals surface area (Å²) >= 11 is 1.46. The lowest BCUT2D eigenvalue weighted by atomic mass is 10.3. The summed E-state index contributed by atoms with van der Waals surface area (Å²) in [6.45, 7) is 3.20. The Morgan fingerprint density at radius 2 is 2.20 bits per heavy atom. The van der Waals surface area contributed by atoms with Crippen LogP contribution in [0.1, 0.15) is 24.6 Å². The lowest BCUT2D eigenvalue weighted by molar-refractivity contribution is 0.248. The number of rotatable bonds is 8. The van der Waals surface area contributed by atoms with Crippen molar-refractivity contribution in [2.75, 3.05) is 20.6 Å². The highest BCUT2D eigenvalue weighted by molar-refractivity contribution is 7.89. The maximum absolute atomic E-state index is 12.2. The second kappa shape index (κ2) is 6.53. The van der Waals surface area contributed by atoms with Crippen LogP contribution in [0.5, 0.6) is 0 Å². The summed E-state index contributed by atoms with van der Waals surface area (Å²) in [4.78, 5) is 3.65. The minimum Gasteiger partial charge on any atom is -0.315 e. The van der Waals surface area contributed by atoms with Gasteiger partial charge in [-0.25, -0.2) is 13.1 Å². The van der Waals surface area contributed by atoms with Crippen molar-refractivity contribution in [1.29, 1.82) is 0 Å². The normalized spacial score (nSPS) is 17.6. The molecule has 20 heavy (non-hydrogen) atoms. The Morgan fingerprint density at radius 1 is 1.50 bits per heavy atom. The monoisotopic (exact) mass is 317 g/mol. The first-order valence-corrected chi connectivity index (χ1v) is 9.24. The van der Waals surface area contributed by atoms with Crippen LogP contribution in [-0.4, -0.2) is 46.0 Å². The van der Waals surface area contributed by atoms with Gasteiger partial charge in [0.15, 0.2) is 0 Å². The van der Waals surface area contributed by atoms with Gasteiger partial charge in [-0.15, -0.1) is 11.3 Å². The van der Waals surface area contributed by atoms with Crippen LogP contribution in [0.2, 0.25) is 0 Å². The Morgan fingerprint density at radius 3 is 2.80 bits per heavy atom. The van der Waals surface area contributed by atoms with Gasteiger partial charge in [0.25, 0.3) is 0 Å². The van der Waals surface area contributed by atoms with E-state index in [0.29, 0.717) is 24.0 Å². The van der Waals surface area contributed by atoms with E-state index < -0.39 is 10.0 Å². The molecule has 1 aromatic rings. The highest BCUT2D eigenvalue weighted by Crippen LogP contribution is 2.27. The SMILES string of the molecule is CNCc1cc(S(=O)(=O)NCC(C)N(C)C2CC2)cs1. The quantitative estimate of drug-likeness (QED) is 0.757. The summed E-state index contributed by atoms with van der Waals surface area (Å²) in [5, 5.41) is 4.72. The van der Waals surface area contributed by atoms with Gasteiger partial charge >= 0.3 is 0 Å². The first kappa shape index (κ1) is 15.9. The maximum atomic E-state index is 12.2. The van der Waals surface area contributed by atoms with Gasteiger partial charge in [0, 0.05) is 35.4 Å². The molecule has 0 amide bonds. The van der Waals surface area contributed by atoms with E-state index in [2.05, 4.69) is 28.9 Å². The summed E-state index contributed by atoms with van der Waals surface area (Å²) in [6.07, 6.45) is 2.46. The third kappa shape index (κ3) is 4.02. The lowest BCUT2D eigenvalue weighted by Crippen LogP contribution is -2.41. The predicted octanol–water partition coefficient (Wildman–Crippen LogP) is 1.23. The zero-order chi connectivity index (χ0) is 14.8. The van der Waals surface area contributed by atoms with Gasteiger partial charge < -0.3 is 5.32 Å². The van der Waals surface area contributed by atoms with Crippen LogP contribution < -0.4 is 10.0 Å². The molecule has 0 aromatic carbocycles. The van der Waals surface area contributed by atoms with E-state index in [1.54, 1.807) is 11.4 Å². The molecule has 0 saturated heterocycles. The van der Waals surface area contributed by atoms with Gasteiger partial charge in [0.1, 0.15) is 0 Å². The van der Waals surface area contributed by atoms with Crippen LogP contribution in [0.4, 0.5) is 0 Å². The molecule has 0 spiro atoms. The van der Waals surface area contributed by atoms with E-state index >= 15 is 0 Å². The zero-order valence-corrected chi connectivity index (χ0v) is 13.9. The number of hydrogen-bond donors (Lipinski definition) is 2. The van der Waals surface area contributed by atoms with Crippen molar-refractivity contribution in [2.24, 2.45) is 0 Å². The van der Waals surface area contributed by atoms with Crippen molar-refractivity contribution < 1.29 is 8.42 Å². The molecule has 0 aliphatic heterocycles. The van der Waals surface area contributed by atoms with E-state index in [9.17, 15) is 8.42 Å². The summed E-state index contributed by atoms with van der Waals surface area (Å²) in [5.41, 5.74) is 0. The highest BCUT2D eigenvalue weighted by Gasteiger charge is 2.29. The van der Waals surface area contributed by atoms with Gasteiger partial charge in [-0.2, -0.15) is 0 Å². The van der Waals surface area contributed by atoms with Crippen molar-refractivity contribution in [1.82, 2.24) is 14.9 Å². The zero-order valence-electron chi connectivity index (χ0n) is 12.2. The largest absolute Gasteiger partial charge is 0.315 e. The fraction of sp³-hybridized carbons (Fsp3) is 0.692. The van der Waals surface area contributed by atoms with Crippen molar-refractivity contribution >= 4 is 21.4 Å². The molecule has 1 fully saturated rings. The number of sulfonamides is 1. The van der Waals surface area contributed by atoms with Crippen LogP contribution >= 0.6 is 11.3 Å². The topological polar surface area (TPSA) is 61.4 Å². The Bertz CT molecular complexity index is 538. The maximum Gasteiger partial charge on any atom is 0.241 e. The fourth-order valence-corrected chi connectivity index (χ4v) is 4.48. The van der Waals surface area contributed by atoms with Gasteiger partial charge in [-0.05, 0) is 39.9 Å². The molecule has 1 aliphatic carbocycles. The standard InChI is InChI=1S/C13H23N3O2S2/c1-10(16(3)11-4-5-11)7-15-20(17,18)13-6-12(8-14-2)19-9-13/h6,9-11,14-15H,4-5,7-8H2,1-3H3. The number of likely N-dealkylation sites (N-methyl/N-ethyl adjacent to an activating group) is 1. The summed E-state index contributed by atoms with van der Waals surface area (Å²) in [5.74, 6) is 0. The van der Waals surface area contributed by atoms with Crippen molar-refractivity contribution in [2.45, 2.75) is 43.3 Å². The van der Waals surface area contributed by atoms with E-state index in [-0.39, 0.29) is 6.04 Å². The van der Waals surface area contributed by atoms with E-state index in [4.69, 9.17) is 0 Å². The molecule has 0 bridgehead atoms. The smallest absolute Gasteiger partial charge is 0.241 e. The minimum absolute atomic E-state index is 0.215. The fourth-order valence-electron chi connectivity index (χ4n) is 2.07. The third-order valence-electron chi connectivity index (χ3n) is 3.68. The van der Waals surface area contributed by atoms with E-state index in [1.165, 1.54) is 24.2 Å². The molecule has 0 radical (unpaired) electrons. The van der Waals surface area contributed by atoms with E-state index in [0.717, 1.165) is 4.88 Å². The Balaban J connectivity index is 1.92. The molecule has 1 atom stereocenters. The molecule has 7 heteroatoms.